The van der Waals surface area contributed by atoms with Gasteiger partial charge in [0.25, 0.3) is 0 Å². The SMILES string of the molecule is OCCCCc1nc(-c2ccc3ccccc3c2)no1. The van der Waals surface area contributed by atoms with Gasteiger partial charge in [-0.15, -0.1) is 0 Å². The minimum absolute atomic E-state index is 0.200. The van der Waals surface area contributed by atoms with Crippen molar-refractivity contribution in [3.05, 3.63) is 48.4 Å². The van der Waals surface area contributed by atoms with Gasteiger partial charge < -0.3 is 9.63 Å². The third-order valence-electron chi connectivity index (χ3n) is 3.27. The minimum atomic E-state index is 0.200. The molecule has 0 saturated heterocycles. The monoisotopic (exact) mass is 268 g/mol. The average Bonchev–Trinajstić information content (AvgIpc) is 2.96. The topological polar surface area (TPSA) is 59.2 Å². The van der Waals surface area contributed by atoms with Crippen molar-refractivity contribution >= 4 is 10.8 Å². The van der Waals surface area contributed by atoms with E-state index in [4.69, 9.17) is 9.63 Å². The Labute approximate surface area is 117 Å². The number of unbranched alkanes of at least 4 members (excludes halogenated alkanes) is 1. The maximum absolute atomic E-state index is 8.76. The van der Waals surface area contributed by atoms with Crippen LogP contribution in [-0.2, 0) is 6.42 Å². The van der Waals surface area contributed by atoms with E-state index in [0.29, 0.717) is 18.1 Å². The van der Waals surface area contributed by atoms with Gasteiger partial charge >= 0.3 is 0 Å². The summed E-state index contributed by atoms with van der Waals surface area (Å²) >= 11 is 0. The van der Waals surface area contributed by atoms with Crippen LogP contribution in [0.5, 0.6) is 0 Å². The Bertz CT molecular complexity index is 706. The molecule has 0 saturated carbocycles. The van der Waals surface area contributed by atoms with Crippen LogP contribution in [0, 0.1) is 0 Å². The molecule has 20 heavy (non-hydrogen) atoms. The minimum Gasteiger partial charge on any atom is -0.396 e. The normalized spacial score (nSPS) is 11.1. The molecule has 0 aliphatic rings. The molecule has 0 aliphatic carbocycles. The number of nitrogens with zero attached hydrogens (tertiary/aromatic N) is 2. The number of aromatic nitrogens is 2. The first-order chi connectivity index (χ1) is 9.86. The Morgan fingerprint density at radius 2 is 1.85 bits per heavy atom. The Balaban J connectivity index is 1.83. The van der Waals surface area contributed by atoms with Crippen molar-refractivity contribution in [1.82, 2.24) is 10.1 Å². The largest absolute Gasteiger partial charge is 0.396 e. The number of hydrogen-bond acceptors (Lipinski definition) is 4. The van der Waals surface area contributed by atoms with Crippen LogP contribution in [0.4, 0.5) is 0 Å². The number of aliphatic hydroxyl groups excluding tert-OH is 1. The Morgan fingerprint density at radius 3 is 2.70 bits per heavy atom. The molecule has 1 heterocycles. The van der Waals surface area contributed by atoms with E-state index in [9.17, 15) is 0 Å². The van der Waals surface area contributed by atoms with Crippen LogP contribution in [0.25, 0.3) is 22.2 Å². The molecule has 4 heteroatoms. The first kappa shape index (κ1) is 12.8. The molecule has 0 radical (unpaired) electrons. The number of aliphatic hydroxyl groups is 1. The summed E-state index contributed by atoms with van der Waals surface area (Å²) in [4.78, 5) is 4.40. The third kappa shape index (κ3) is 2.70. The molecule has 0 aliphatic heterocycles. The van der Waals surface area contributed by atoms with E-state index in [-0.39, 0.29) is 6.61 Å². The lowest BCUT2D eigenvalue weighted by Gasteiger charge is -1.99. The van der Waals surface area contributed by atoms with Crippen molar-refractivity contribution in [2.45, 2.75) is 19.3 Å². The maximum atomic E-state index is 8.76. The summed E-state index contributed by atoms with van der Waals surface area (Å²) in [6, 6.07) is 14.3. The molecular weight excluding hydrogens is 252 g/mol. The average molecular weight is 268 g/mol. The zero-order valence-electron chi connectivity index (χ0n) is 11.1. The van der Waals surface area contributed by atoms with Gasteiger partial charge in [-0.3, -0.25) is 0 Å². The van der Waals surface area contributed by atoms with Crippen molar-refractivity contribution in [3.63, 3.8) is 0 Å². The molecule has 3 aromatic rings. The molecule has 0 fully saturated rings. The highest BCUT2D eigenvalue weighted by Crippen LogP contribution is 2.22. The molecule has 1 aromatic heterocycles. The molecular formula is C16H16N2O2. The highest BCUT2D eigenvalue weighted by atomic mass is 16.5. The lowest BCUT2D eigenvalue weighted by molar-refractivity contribution is 0.281. The number of aryl methyl sites for hydroxylation is 1. The van der Waals surface area contributed by atoms with E-state index in [1.807, 2.05) is 18.2 Å². The van der Waals surface area contributed by atoms with Gasteiger partial charge in [-0.1, -0.05) is 41.6 Å². The van der Waals surface area contributed by atoms with Crippen molar-refractivity contribution < 1.29 is 9.63 Å². The number of benzene rings is 2. The van der Waals surface area contributed by atoms with Gasteiger partial charge in [-0.05, 0) is 29.7 Å². The van der Waals surface area contributed by atoms with Gasteiger partial charge in [0, 0.05) is 18.6 Å². The molecule has 2 aromatic carbocycles. The van der Waals surface area contributed by atoms with E-state index in [2.05, 4.69) is 34.4 Å². The molecule has 4 nitrogen and oxygen atoms in total. The second kappa shape index (κ2) is 5.84. The van der Waals surface area contributed by atoms with Crippen LogP contribution in [0.1, 0.15) is 18.7 Å². The first-order valence-electron chi connectivity index (χ1n) is 6.79. The molecule has 0 unspecified atom stereocenters. The summed E-state index contributed by atoms with van der Waals surface area (Å²) in [6.45, 7) is 0.200. The third-order valence-corrected chi connectivity index (χ3v) is 3.27. The van der Waals surface area contributed by atoms with E-state index in [0.717, 1.165) is 23.8 Å². The van der Waals surface area contributed by atoms with Crippen LogP contribution < -0.4 is 0 Å². The summed E-state index contributed by atoms with van der Waals surface area (Å²) in [5.41, 5.74) is 0.959. The van der Waals surface area contributed by atoms with Gasteiger partial charge in [0.2, 0.25) is 11.7 Å². The summed E-state index contributed by atoms with van der Waals surface area (Å²) in [7, 11) is 0. The maximum Gasteiger partial charge on any atom is 0.226 e. The molecule has 1 N–H and O–H groups in total. The van der Waals surface area contributed by atoms with Crippen molar-refractivity contribution in [2.75, 3.05) is 6.61 Å². The molecule has 0 spiro atoms. The van der Waals surface area contributed by atoms with Gasteiger partial charge in [0.1, 0.15) is 0 Å². The predicted octanol–water partition coefficient (Wildman–Crippen LogP) is 3.20. The van der Waals surface area contributed by atoms with E-state index in [1.54, 1.807) is 0 Å². The zero-order chi connectivity index (χ0) is 13.8. The number of hydrogen-bond donors (Lipinski definition) is 1. The van der Waals surface area contributed by atoms with Gasteiger partial charge in [-0.25, -0.2) is 0 Å². The smallest absolute Gasteiger partial charge is 0.226 e. The Morgan fingerprint density at radius 1 is 1.00 bits per heavy atom. The summed E-state index contributed by atoms with van der Waals surface area (Å²) in [5.74, 6) is 1.25. The van der Waals surface area contributed by atoms with E-state index < -0.39 is 0 Å². The number of rotatable bonds is 5. The summed E-state index contributed by atoms with van der Waals surface area (Å²) in [5, 5.41) is 15.1. The first-order valence-corrected chi connectivity index (χ1v) is 6.79. The van der Waals surface area contributed by atoms with Crippen LogP contribution in [0.2, 0.25) is 0 Å². The molecule has 0 bridgehead atoms. The molecule has 0 amide bonds. The molecule has 0 atom stereocenters. The Hall–Kier alpha value is -2.20. The van der Waals surface area contributed by atoms with Crippen LogP contribution in [0.15, 0.2) is 47.0 Å². The fraction of sp³-hybridized carbons (Fsp3) is 0.250. The predicted molar refractivity (Wildman–Crippen MR) is 77.3 cm³/mol. The van der Waals surface area contributed by atoms with Gasteiger partial charge in [0.15, 0.2) is 0 Å². The van der Waals surface area contributed by atoms with Crippen LogP contribution >= 0.6 is 0 Å². The van der Waals surface area contributed by atoms with E-state index in [1.165, 1.54) is 5.39 Å². The second-order valence-electron chi connectivity index (χ2n) is 4.75. The summed E-state index contributed by atoms with van der Waals surface area (Å²) in [6.07, 6.45) is 2.32. The van der Waals surface area contributed by atoms with Gasteiger partial charge in [0.05, 0.1) is 0 Å². The lowest BCUT2D eigenvalue weighted by atomic mass is 10.1. The highest BCUT2D eigenvalue weighted by molar-refractivity contribution is 5.86. The van der Waals surface area contributed by atoms with Crippen molar-refractivity contribution in [3.8, 4) is 11.4 Å². The quantitative estimate of drug-likeness (QED) is 0.722. The van der Waals surface area contributed by atoms with Crippen molar-refractivity contribution in [2.24, 2.45) is 0 Å². The van der Waals surface area contributed by atoms with Crippen LogP contribution in [0.3, 0.4) is 0 Å². The highest BCUT2D eigenvalue weighted by Gasteiger charge is 2.08. The second-order valence-corrected chi connectivity index (χ2v) is 4.75. The molecule has 3 rings (SSSR count). The standard InChI is InChI=1S/C16H16N2O2/c19-10-4-3-7-15-17-16(18-20-15)14-9-8-12-5-1-2-6-13(12)11-14/h1-2,5-6,8-9,11,19H,3-4,7,10H2. The van der Waals surface area contributed by atoms with Crippen LogP contribution in [-0.4, -0.2) is 21.9 Å². The van der Waals surface area contributed by atoms with Crippen molar-refractivity contribution in [1.29, 1.82) is 0 Å². The fourth-order valence-corrected chi connectivity index (χ4v) is 2.19. The lowest BCUT2D eigenvalue weighted by Crippen LogP contribution is -1.89. The van der Waals surface area contributed by atoms with E-state index >= 15 is 0 Å². The summed E-state index contributed by atoms with van der Waals surface area (Å²) < 4.78 is 5.23. The molecule has 102 valence electrons. The number of fused-ring (bicyclic) bond motifs is 1. The Kier molecular flexibility index (Phi) is 3.74. The fourth-order valence-electron chi connectivity index (χ4n) is 2.19. The zero-order valence-corrected chi connectivity index (χ0v) is 11.1. The van der Waals surface area contributed by atoms with Gasteiger partial charge in [-0.2, -0.15) is 4.98 Å².